The highest BCUT2D eigenvalue weighted by Gasteiger charge is 2.13. The number of benzene rings is 1. The molecule has 0 aromatic heterocycles. The number of rotatable bonds is 10. The molecule has 1 unspecified atom stereocenters. The van der Waals surface area contributed by atoms with Crippen LogP contribution in [0.4, 0.5) is 0 Å². The van der Waals surface area contributed by atoms with Gasteiger partial charge in [-0.2, -0.15) is 11.8 Å². The highest BCUT2D eigenvalue weighted by atomic mass is 32.2. The first-order chi connectivity index (χ1) is 9.74. The second-order valence-corrected chi connectivity index (χ2v) is 5.50. The second-order valence-electron chi connectivity index (χ2n) is 4.27. The van der Waals surface area contributed by atoms with E-state index in [0.717, 1.165) is 23.7 Å². The van der Waals surface area contributed by atoms with Crippen LogP contribution in [0.25, 0.3) is 0 Å². The summed E-state index contributed by atoms with van der Waals surface area (Å²) in [5.41, 5.74) is 5.71. The summed E-state index contributed by atoms with van der Waals surface area (Å²) in [4.78, 5) is 11.3. The fourth-order valence-electron chi connectivity index (χ4n) is 1.55. The Hall–Kier alpha value is -1.20. The van der Waals surface area contributed by atoms with E-state index >= 15 is 0 Å². The normalized spacial score (nSPS) is 11.9. The van der Waals surface area contributed by atoms with Gasteiger partial charge in [0.25, 0.3) is 0 Å². The molecule has 20 heavy (non-hydrogen) atoms. The molecule has 5 heteroatoms. The van der Waals surface area contributed by atoms with Crippen molar-refractivity contribution in [3.63, 3.8) is 0 Å². The van der Waals surface area contributed by atoms with Crippen LogP contribution < -0.4 is 10.5 Å². The molecule has 0 radical (unpaired) electrons. The van der Waals surface area contributed by atoms with E-state index in [1.807, 2.05) is 30.3 Å². The largest absolute Gasteiger partial charge is 0.494 e. The zero-order valence-corrected chi connectivity index (χ0v) is 12.7. The maximum atomic E-state index is 11.3. The number of hydrogen-bond acceptors (Lipinski definition) is 5. The molecule has 112 valence electrons. The van der Waals surface area contributed by atoms with Crippen molar-refractivity contribution < 1.29 is 14.3 Å². The van der Waals surface area contributed by atoms with Crippen LogP contribution >= 0.6 is 11.8 Å². The van der Waals surface area contributed by atoms with Crippen molar-refractivity contribution in [1.29, 1.82) is 0 Å². The zero-order chi connectivity index (χ0) is 14.6. The molecule has 1 rings (SSSR count). The Labute approximate surface area is 125 Å². The van der Waals surface area contributed by atoms with E-state index in [1.165, 1.54) is 0 Å². The van der Waals surface area contributed by atoms with E-state index < -0.39 is 6.04 Å². The van der Waals surface area contributed by atoms with E-state index in [2.05, 4.69) is 0 Å². The van der Waals surface area contributed by atoms with Gasteiger partial charge in [0.15, 0.2) is 0 Å². The second kappa shape index (κ2) is 10.6. The summed E-state index contributed by atoms with van der Waals surface area (Å²) in [7, 11) is 0. The van der Waals surface area contributed by atoms with Gasteiger partial charge in [-0.1, -0.05) is 18.2 Å². The minimum atomic E-state index is -0.497. The Kier molecular flexibility index (Phi) is 8.91. The van der Waals surface area contributed by atoms with Crippen molar-refractivity contribution in [3.05, 3.63) is 30.3 Å². The predicted molar refractivity (Wildman–Crippen MR) is 83.1 cm³/mol. The van der Waals surface area contributed by atoms with Gasteiger partial charge in [0.2, 0.25) is 0 Å². The third kappa shape index (κ3) is 7.40. The number of para-hydroxylation sites is 1. The molecule has 1 aromatic rings. The lowest BCUT2D eigenvalue weighted by molar-refractivity contribution is -0.144. The van der Waals surface area contributed by atoms with Crippen LogP contribution in [0.1, 0.15) is 19.8 Å². The molecular formula is C15H23NO3S. The summed E-state index contributed by atoms with van der Waals surface area (Å²) in [5, 5.41) is 0. The Bertz CT molecular complexity index is 373. The Morgan fingerprint density at radius 3 is 2.75 bits per heavy atom. The topological polar surface area (TPSA) is 61.5 Å². The summed E-state index contributed by atoms with van der Waals surface area (Å²) in [6, 6.07) is 9.29. The van der Waals surface area contributed by atoms with Crippen LogP contribution in [0, 0.1) is 0 Å². The third-order valence-electron chi connectivity index (χ3n) is 2.61. The van der Waals surface area contributed by atoms with Crippen LogP contribution in [-0.2, 0) is 9.53 Å². The molecule has 0 fully saturated rings. The Morgan fingerprint density at radius 1 is 1.30 bits per heavy atom. The van der Waals surface area contributed by atoms with Crippen molar-refractivity contribution in [1.82, 2.24) is 0 Å². The van der Waals surface area contributed by atoms with E-state index in [1.54, 1.807) is 18.7 Å². The summed E-state index contributed by atoms with van der Waals surface area (Å²) < 4.78 is 10.4. The van der Waals surface area contributed by atoms with Gasteiger partial charge in [-0.05, 0) is 43.4 Å². The van der Waals surface area contributed by atoms with Gasteiger partial charge in [0, 0.05) is 0 Å². The van der Waals surface area contributed by atoms with Crippen LogP contribution in [0.15, 0.2) is 30.3 Å². The molecule has 0 saturated heterocycles. The summed E-state index contributed by atoms with van der Waals surface area (Å²) >= 11 is 1.78. The summed E-state index contributed by atoms with van der Waals surface area (Å²) in [6.07, 6.45) is 1.64. The van der Waals surface area contributed by atoms with Crippen molar-refractivity contribution in [2.24, 2.45) is 5.73 Å². The molecule has 0 aliphatic carbocycles. The molecule has 4 nitrogen and oxygen atoms in total. The van der Waals surface area contributed by atoms with Crippen molar-refractivity contribution in [3.8, 4) is 5.75 Å². The van der Waals surface area contributed by atoms with Gasteiger partial charge in [-0.15, -0.1) is 0 Å². The molecule has 0 aliphatic heterocycles. The highest BCUT2D eigenvalue weighted by Crippen LogP contribution is 2.10. The number of esters is 1. The quantitative estimate of drug-likeness (QED) is 0.531. The van der Waals surface area contributed by atoms with Crippen LogP contribution in [0.2, 0.25) is 0 Å². The zero-order valence-electron chi connectivity index (χ0n) is 11.9. The standard InChI is InChI=1S/C15H23NO3S/c1-2-18-15(17)14(16)9-12-20-11-6-10-19-13-7-4-3-5-8-13/h3-5,7-8,14H,2,6,9-12,16H2,1H3. The minimum Gasteiger partial charge on any atom is -0.494 e. The smallest absolute Gasteiger partial charge is 0.322 e. The molecule has 0 bridgehead atoms. The first-order valence-electron chi connectivity index (χ1n) is 6.92. The molecule has 1 aromatic carbocycles. The summed E-state index contributed by atoms with van der Waals surface area (Å²) in [5.74, 6) is 2.47. The Balaban J connectivity index is 1.96. The maximum Gasteiger partial charge on any atom is 0.322 e. The molecule has 2 N–H and O–H groups in total. The minimum absolute atomic E-state index is 0.305. The average molecular weight is 297 g/mol. The monoisotopic (exact) mass is 297 g/mol. The van der Waals surface area contributed by atoms with Gasteiger partial charge in [-0.3, -0.25) is 4.79 Å². The third-order valence-corrected chi connectivity index (χ3v) is 3.71. The number of ether oxygens (including phenoxy) is 2. The number of hydrogen-bond donors (Lipinski definition) is 1. The number of carbonyl (C=O) groups is 1. The van der Waals surface area contributed by atoms with Crippen molar-refractivity contribution >= 4 is 17.7 Å². The van der Waals surface area contributed by atoms with Crippen molar-refractivity contribution in [2.45, 2.75) is 25.8 Å². The van der Waals surface area contributed by atoms with Crippen LogP contribution in [0.3, 0.4) is 0 Å². The van der Waals surface area contributed by atoms with Gasteiger partial charge in [0.05, 0.1) is 13.2 Å². The van der Waals surface area contributed by atoms with Crippen molar-refractivity contribution in [2.75, 3.05) is 24.7 Å². The lowest BCUT2D eigenvalue weighted by Crippen LogP contribution is -2.32. The average Bonchev–Trinajstić information content (AvgIpc) is 2.47. The molecular weight excluding hydrogens is 274 g/mol. The van der Waals surface area contributed by atoms with Gasteiger partial charge < -0.3 is 15.2 Å². The van der Waals surface area contributed by atoms with Gasteiger partial charge in [0.1, 0.15) is 11.8 Å². The fraction of sp³-hybridized carbons (Fsp3) is 0.533. The fourth-order valence-corrected chi connectivity index (χ4v) is 2.49. The SMILES string of the molecule is CCOC(=O)C(N)CCSCCCOc1ccccc1. The molecule has 0 saturated carbocycles. The predicted octanol–water partition coefficient (Wildman–Crippen LogP) is 2.47. The number of thioether (sulfide) groups is 1. The van der Waals surface area contributed by atoms with E-state index in [0.29, 0.717) is 19.6 Å². The lowest BCUT2D eigenvalue weighted by Gasteiger charge is -2.10. The first kappa shape index (κ1) is 16.9. The van der Waals surface area contributed by atoms with E-state index in [9.17, 15) is 4.79 Å². The van der Waals surface area contributed by atoms with E-state index in [4.69, 9.17) is 15.2 Å². The molecule has 0 amide bonds. The summed E-state index contributed by atoms with van der Waals surface area (Å²) in [6.45, 7) is 2.88. The molecule has 0 aliphatic rings. The van der Waals surface area contributed by atoms with E-state index in [-0.39, 0.29) is 5.97 Å². The Morgan fingerprint density at radius 2 is 2.05 bits per heavy atom. The first-order valence-corrected chi connectivity index (χ1v) is 8.07. The molecule has 0 heterocycles. The highest BCUT2D eigenvalue weighted by molar-refractivity contribution is 7.99. The molecule has 1 atom stereocenters. The van der Waals surface area contributed by atoms with Gasteiger partial charge in [-0.25, -0.2) is 0 Å². The maximum absolute atomic E-state index is 11.3. The van der Waals surface area contributed by atoms with Gasteiger partial charge >= 0.3 is 5.97 Å². The number of nitrogens with two attached hydrogens (primary N) is 1. The lowest BCUT2D eigenvalue weighted by atomic mass is 10.2. The molecule has 0 spiro atoms. The number of carbonyl (C=O) groups excluding carboxylic acids is 1. The van der Waals surface area contributed by atoms with Crippen LogP contribution in [0.5, 0.6) is 5.75 Å². The van der Waals surface area contributed by atoms with Crippen LogP contribution in [-0.4, -0.2) is 36.7 Å².